The van der Waals surface area contributed by atoms with Crippen LogP contribution in [0.4, 0.5) is 4.39 Å². The van der Waals surface area contributed by atoms with Gasteiger partial charge in [0.25, 0.3) is 11.8 Å². The monoisotopic (exact) mass is 463 g/mol. The molecule has 2 aliphatic heterocycles. The SMILES string of the molecule is CN(C(=O)c1ccc(F)cc1)C1CCC2(CCCN2C(=O)c2ccccc2)CC1N1CCCC1. The molecule has 3 fully saturated rings. The van der Waals surface area contributed by atoms with Crippen molar-refractivity contribution >= 4 is 11.8 Å². The highest BCUT2D eigenvalue weighted by atomic mass is 19.1. The second-order valence-electron chi connectivity index (χ2n) is 10.2. The summed E-state index contributed by atoms with van der Waals surface area (Å²) in [7, 11) is 1.89. The molecule has 1 spiro atoms. The summed E-state index contributed by atoms with van der Waals surface area (Å²) in [5.41, 5.74) is 1.13. The summed E-state index contributed by atoms with van der Waals surface area (Å²) in [6.07, 6.45) is 7.08. The minimum absolute atomic E-state index is 0.0613. The maximum absolute atomic E-state index is 13.5. The molecule has 2 aromatic rings. The Bertz CT molecular complexity index is 1020. The van der Waals surface area contributed by atoms with Crippen molar-refractivity contribution in [3.05, 3.63) is 71.5 Å². The van der Waals surface area contributed by atoms with E-state index in [2.05, 4.69) is 9.80 Å². The maximum atomic E-state index is 13.5. The molecule has 180 valence electrons. The van der Waals surface area contributed by atoms with Crippen molar-refractivity contribution in [2.24, 2.45) is 0 Å². The number of rotatable bonds is 4. The van der Waals surface area contributed by atoms with Crippen molar-refractivity contribution in [2.75, 3.05) is 26.7 Å². The van der Waals surface area contributed by atoms with E-state index in [0.717, 1.165) is 57.3 Å². The maximum Gasteiger partial charge on any atom is 0.254 e. The molecule has 2 heterocycles. The average Bonchev–Trinajstić information content (AvgIpc) is 3.54. The number of likely N-dealkylation sites (N-methyl/N-ethyl adjacent to an activating group) is 1. The van der Waals surface area contributed by atoms with Gasteiger partial charge in [-0.15, -0.1) is 0 Å². The number of likely N-dealkylation sites (tertiary alicyclic amines) is 2. The molecule has 3 aliphatic rings. The van der Waals surface area contributed by atoms with Gasteiger partial charge < -0.3 is 9.80 Å². The lowest BCUT2D eigenvalue weighted by Gasteiger charge is -2.51. The van der Waals surface area contributed by atoms with Crippen LogP contribution in [0.15, 0.2) is 54.6 Å². The molecule has 1 aliphatic carbocycles. The van der Waals surface area contributed by atoms with Gasteiger partial charge >= 0.3 is 0 Å². The molecule has 34 heavy (non-hydrogen) atoms. The van der Waals surface area contributed by atoms with Crippen LogP contribution in [0.3, 0.4) is 0 Å². The van der Waals surface area contributed by atoms with Crippen molar-refractivity contribution < 1.29 is 14.0 Å². The van der Waals surface area contributed by atoms with E-state index in [1.165, 1.54) is 25.0 Å². The fourth-order valence-corrected chi connectivity index (χ4v) is 6.54. The Morgan fingerprint density at radius 2 is 1.62 bits per heavy atom. The molecule has 5 rings (SSSR count). The number of carbonyl (C=O) groups is 2. The lowest BCUT2D eigenvalue weighted by atomic mass is 9.73. The quantitative estimate of drug-likeness (QED) is 0.666. The van der Waals surface area contributed by atoms with Gasteiger partial charge in [0.15, 0.2) is 0 Å². The lowest BCUT2D eigenvalue weighted by molar-refractivity contribution is 0.000208. The lowest BCUT2D eigenvalue weighted by Crippen LogP contribution is -2.61. The highest BCUT2D eigenvalue weighted by Crippen LogP contribution is 2.45. The first kappa shape index (κ1) is 23.0. The van der Waals surface area contributed by atoms with E-state index in [1.54, 1.807) is 12.1 Å². The second-order valence-corrected chi connectivity index (χ2v) is 10.2. The van der Waals surface area contributed by atoms with Gasteiger partial charge in [-0.3, -0.25) is 14.5 Å². The molecule has 0 N–H and O–H groups in total. The fourth-order valence-electron chi connectivity index (χ4n) is 6.54. The van der Waals surface area contributed by atoms with Crippen LogP contribution in [-0.2, 0) is 0 Å². The van der Waals surface area contributed by atoms with Crippen LogP contribution in [0.25, 0.3) is 0 Å². The number of amides is 2. The summed E-state index contributed by atoms with van der Waals surface area (Å²) in [5.74, 6) is -0.264. The van der Waals surface area contributed by atoms with Gasteiger partial charge in [-0.1, -0.05) is 18.2 Å². The first-order chi connectivity index (χ1) is 16.5. The third-order valence-corrected chi connectivity index (χ3v) is 8.32. The molecule has 2 saturated heterocycles. The van der Waals surface area contributed by atoms with Crippen LogP contribution >= 0.6 is 0 Å². The van der Waals surface area contributed by atoms with E-state index in [1.807, 2.05) is 42.3 Å². The Balaban J connectivity index is 1.40. The zero-order chi connectivity index (χ0) is 23.7. The van der Waals surface area contributed by atoms with Crippen LogP contribution in [0, 0.1) is 5.82 Å². The number of hydrogen-bond acceptors (Lipinski definition) is 3. The molecule has 0 bridgehead atoms. The highest BCUT2D eigenvalue weighted by Gasteiger charge is 2.51. The van der Waals surface area contributed by atoms with Crippen LogP contribution in [0.2, 0.25) is 0 Å². The molecular weight excluding hydrogens is 429 g/mol. The van der Waals surface area contributed by atoms with Gasteiger partial charge in [0.2, 0.25) is 0 Å². The minimum atomic E-state index is -0.335. The molecule has 5 nitrogen and oxygen atoms in total. The highest BCUT2D eigenvalue weighted by molar-refractivity contribution is 5.95. The summed E-state index contributed by atoms with van der Waals surface area (Å²) in [4.78, 5) is 33.4. The molecule has 3 unspecified atom stereocenters. The number of halogens is 1. The van der Waals surface area contributed by atoms with E-state index < -0.39 is 0 Å². The average molecular weight is 464 g/mol. The number of benzene rings is 2. The van der Waals surface area contributed by atoms with Gasteiger partial charge in [-0.2, -0.15) is 0 Å². The summed E-state index contributed by atoms with van der Waals surface area (Å²) in [5, 5.41) is 0. The number of hydrogen-bond donors (Lipinski definition) is 0. The van der Waals surface area contributed by atoms with Crippen LogP contribution < -0.4 is 0 Å². The summed E-state index contributed by atoms with van der Waals surface area (Å²) >= 11 is 0. The van der Waals surface area contributed by atoms with E-state index in [4.69, 9.17) is 0 Å². The van der Waals surface area contributed by atoms with E-state index in [-0.39, 0.29) is 35.3 Å². The van der Waals surface area contributed by atoms with Crippen molar-refractivity contribution in [1.29, 1.82) is 0 Å². The Kier molecular flexibility index (Phi) is 6.43. The molecule has 6 heteroatoms. The Hall–Kier alpha value is -2.73. The Morgan fingerprint density at radius 3 is 2.32 bits per heavy atom. The molecule has 1 saturated carbocycles. The van der Waals surface area contributed by atoms with E-state index in [0.29, 0.717) is 5.56 Å². The number of carbonyl (C=O) groups excluding carboxylic acids is 2. The van der Waals surface area contributed by atoms with E-state index >= 15 is 0 Å². The van der Waals surface area contributed by atoms with Crippen LogP contribution in [0.5, 0.6) is 0 Å². The predicted octanol–water partition coefficient (Wildman–Crippen LogP) is 4.59. The van der Waals surface area contributed by atoms with Crippen LogP contribution in [0.1, 0.15) is 65.7 Å². The van der Waals surface area contributed by atoms with Crippen LogP contribution in [-0.4, -0.2) is 70.8 Å². The number of nitrogens with zero attached hydrogens (tertiary/aromatic N) is 3. The molecule has 0 aromatic heterocycles. The van der Waals surface area contributed by atoms with Gasteiger partial charge in [-0.25, -0.2) is 4.39 Å². The van der Waals surface area contributed by atoms with Gasteiger partial charge in [0.1, 0.15) is 5.82 Å². The minimum Gasteiger partial charge on any atom is -0.337 e. The fraction of sp³-hybridized carbons (Fsp3) is 0.500. The molecule has 2 aromatic carbocycles. The molecule has 0 radical (unpaired) electrons. The predicted molar refractivity (Wildman–Crippen MR) is 130 cm³/mol. The van der Waals surface area contributed by atoms with E-state index in [9.17, 15) is 14.0 Å². The van der Waals surface area contributed by atoms with Gasteiger partial charge in [-0.05, 0) is 94.4 Å². The summed E-state index contributed by atoms with van der Waals surface area (Å²) < 4.78 is 13.4. The topological polar surface area (TPSA) is 43.9 Å². The van der Waals surface area contributed by atoms with Crippen molar-refractivity contribution in [3.63, 3.8) is 0 Å². The summed E-state index contributed by atoms with van der Waals surface area (Å²) in [6, 6.07) is 15.7. The normalized spacial score (nSPS) is 27.3. The van der Waals surface area contributed by atoms with Crippen molar-refractivity contribution in [1.82, 2.24) is 14.7 Å². The summed E-state index contributed by atoms with van der Waals surface area (Å²) in [6.45, 7) is 2.89. The molecular formula is C28H34FN3O2. The molecule has 3 atom stereocenters. The zero-order valence-corrected chi connectivity index (χ0v) is 20.0. The largest absolute Gasteiger partial charge is 0.337 e. The Morgan fingerprint density at radius 1 is 0.912 bits per heavy atom. The van der Waals surface area contributed by atoms with Crippen molar-refractivity contribution in [3.8, 4) is 0 Å². The second kappa shape index (κ2) is 9.49. The third-order valence-electron chi connectivity index (χ3n) is 8.32. The molecule has 2 amide bonds. The van der Waals surface area contributed by atoms with Crippen molar-refractivity contribution in [2.45, 2.75) is 62.6 Å². The van der Waals surface area contributed by atoms with Gasteiger partial charge in [0, 0.05) is 42.3 Å². The first-order valence-corrected chi connectivity index (χ1v) is 12.6. The third kappa shape index (κ3) is 4.24. The zero-order valence-electron chi connectivity index (χ0n) is 20.0. The standard InChI is InChI=1S/C28H34FN3O2/c1-30(26(33)22-10-12-23(29)13-11-22)24-14-16-28(20-25(24)31-17-5-6-18-31)15-7-19-32(28)27(34)21-8-3-2-4-9-21/h2-4,8-13,24-25H,5-7,14-20H2,1H3. The van der Waals surface area contributed by atoms with Gasteiger partial charge in [0.05, 0.1) is 0 Å². The smallest absolute Gasteiger partial charge is 0.254 e. The first-order valence-electron chi connectivity index (χ1n) is 12.6. The Labute approximate surface area is 201 Å².